The van der Waals surface area contributed by atoms with Crippen molar-refractivity contribution < 1.29 is 4.74 Å². The molecule has 18 heavy (non-hydrogen) atoms. The largest absolute Gasteiger partial charge is 0.374 e. The lowest BCUT2D eigenvalue weighted by atomic mass is 9.82. The van der Waals surface area contributed by atoms with Crippen LogP contribution >= 0.6 is 23.5 Å². The summed E-state index contributed by atoms with van der Waals surface area (Å²) in [6.45, 7) is 7.72. The second kappa shape index (κ2) is 5.94. The second-order valence-electron chi connectivity index (χ2n) is 6.67. The van der Waals surface area contributed by atoms with Crippen molar-refractivity contribution in [1.29, 1.82) is 0 Å². The van der Waals surface area contributed by atoms with Gasteiger partial charge in [0, 0.05) is 28.9 Å². The Labute approximate surface area is 120 Å². The van der Waals surface area contributed by atoms with Crippen LogP contribution in [0.1, 0.15) is 40.0 Å². The van der Waals surface area contributed by atoms with Crippen LogP contribution in [-0.4, -0.2) is 40.3 Å². The molecular weight excluding hydrogens is 262 g/mol. The molecule has 0 bridgehead atoms. The van der Waals surface area contributed by atoms with E-state index in [9.17, 15) is 0 Å². The number of rotatable bonds is 3. The lowest BCUT2D eigenvalue weighted by Gasteiger charge is -2.40. The normalized spacial score (nSPS) is 35.0. The van der Waals surface area contributed by atoms with Crippen molar-refractivity contribution in [3.63, 3.8) is 0 Å². The van der Waals surface area contributed by atoms with Gasteiger partial charge in [-0.15, -0.1) is 0 Å². The molecule has 0 aliphatic carbocycles. The summed E-state index contributed by atoms with van der Waals surface area (Å²) in [7, 11) is 0. The fourth-order valence-corrected chi connectivity index (χ4v) is 5.12. The molecule has 1 spiro atoms. The minimum absolute atomic E-state index is 0.178. The van der Waals surface area contributed by atoms with E-state index in [1.165, 1.54) is 24.3 Å². The van der Waals surface area contributed by atoms with Crippen molar-refractivity contribution in [2.75, 3.05) is 23.9 Å². The highest BCUT2D eigenvalue weighted by atomic mass is 32.2. The highest BCUT2D eigenvalue weighted by Gasteiger charge is 2.41. The molecular formula is C14H27NOS2. The van der Waals surface area contributed by atoms with E-state index in [4.69, 9.17) is 10.5 Å². The van der Waals surface area contributed by atoms with Crippen molar-refractivity contribution >= 4 is 23.5 Å². The van der Waals surface area contributed by atoms with Crippen LogP contribution in [0.3, 0.4) is 0 Å². The van der Waals surface area contributed by atoms with Gasteiger partial charge in [-0.25, -0.2) is 0 Å². The van der Waals surface area contributed by atoms with Crippen molar-refractivity contribution in [1.82, 2.24) is 0 Å². The number of thioether (sulfide) groups is 2. The van der Waals surface area contributed by atoms with Gasteiger partial charge in [-0.2, -0.15) is 23.5 Å². The van der Waals surface area contributed by atoms with Gasteiger partial charge in [0.15, 0.2) is 0 Å². The van der Waals surface area contributed by atoms with E-state index in [2.05, 4.69) is 20.8 Å². The van der Waals surface area contributed by atoms with Crippen LogP contribution in [0.2, 0.25) is 0 Å². The zero-order valence-corrected chi connectivity index (χ0v) is 13.5. The van der Waals surface area contributed by atoms with Gasteiger partial charge >= 0.3 is 0 Å². The van der Waals surface area contributed by atoms with Gasteiger partial charge in [-0.1, -0.05) is 20.8 Å². The fraction of sp³-hybridized carbons (Fsp3) is 1.00. The summed E-state index contributed by atoms with van der Waals surface area (Å²) in [5, 5.41) is 0. The van der Waals surface area contributed by atoms with Crippen LogP contribution in [0.4, 0.5) is 0 Å². The summed E-state index contributed by atoms with van der Waals surface area (Å²) in [6.07, 6.45) is 3.57. The third-order valence-electron chi connectivity index (χ3n) is 3.91. The van der Waals surface area contributed by atoms with E-state index in [0.717, 1.165) is 18.8 Å². The van der Waals surface area contributed by atoms with E-state index in [0.29, 0.717) is 16.7 Å². The van der Waals surface area contributed by atoms with Gasteiger partial charge in [-0.3, -0.25) is 0 Å². The van der Waals surface area contributed by atoms with Gasteiger partial charge in [0.2, 0.25) is 0 Å². The Morgan fingerprint density at radius 3 is 2.89 bits per heavy atom. The Balaban J connectivity index is 1.84. The van der Waals surface area contributed by atoms with Gasteiger partial charge < -0.3 is 10.5 Å². The zero-order valence-electron chi connectivity index (χ0n) is 11.9. The molecule has 2 heterocycles. The Morgan fingerprint density at radius 2 is 2.28 bits per heavy atom. The molecule has 0 aromatic carbocycles. The number of hydrogen-bond acceptors (Lipinski definition) is 4. The fourth-order valence-electron chi connectivity index (χ4n) is 2.78. The maximum Gasteiger partial charge on any atom is 0.0783 e. The zero-order chi connectivity index (χ0) is 13.2. The second-order valence-corrected chi connectivity index (χ2v) is 9.63. The van der Waals surface area contributed by atoms with Gasteiger partial charge in [0.1, 0.15) is 0 Å². The van der Waals surface area contributed by atoms with Crippen LogP contribution in [0.15, 0.2) is 0 Å². The molecule has 0 aromatic heterocycles. The lowest BCUT2D eigenvalue weighted by molar-refractivity contribution is -0.0820. The maximum absolute atomic E-state index is 6.42. The first-order valence-electron chi connectivity index (χ1n) is 7.02. The summed E-state index contributed by atoms with van der Waals surface area (Å²) in [5.41, 5.74) is 6.60. The Hall–Kier alpha value is 0.620. The maximum atomic E-state index is 6.42. The topological polar surface area (TPSA) is 35.2 Å². The van der Waals surface area contributed by atoms with Gasteiger partial charge in [0.05, 0.1) is 5.60 Å². The van der Waals surface area contributed by atoms with Gasteiger partial charge in [0.25, 0.3) is 0 Å². The highest BCUT2D eigenvalue weighted by Crippen LogP contribution is 2.41. The average Bonchev–Trinajstić information content (AvgIpc) is 2.73. The predicted molar refractivity (Wildman–Crippen MR) is 83.5 cm³/mol. The van der Waals surface area contributed by atoms with Crippen LogP contribution in [0.5, 0.6) is 0 Å². The molecule has 2 fully saturated rings. The predicted octanol–water partition coefficient (Wildman–Crippen LogP) is 3.15. The standard InChI is InChI=1S/C14H27NOS2/c1-13(2,3)18-9-12(15)11-4-6-16-14(8-11)5-7-17-10-14/h11-12H,4-10,15H2,1-3H3. The van der Waals surface area contributed by atoms with Crippen molar-refractivity contribution in [2.45, 2.75) is 56.4 Å². The Bertz CT molecular complexity index is 271. The molecule has 2 rings (SSSR count). The Morgan fingerprint density at radius 1 is 1.50 bits per heavy atom. The highest BCUT2D eigenvalue weighted by molar-refractivity contribution is 8.00. The van der Waals surface area contributed by atoms with Crippen LogP contribution in [-0.2, 0) is 4.74 Å². The summed E-state index contributed by atoms with van der Waals surface area (Å²) in [4.78, 5) is 0. The first-order valence-corrected chi connectivity index (χ1v) is 9.16. The SMILES string of the molecule is CC(C)(C)SCC(N)C1CCOC2(CCSC2)C1. The lowest BCUT2D eigenvalue weighted by Crippen LogP contribution is -2.46. The summed E-state index contributed by atoms with van der Waals surface area (Å²) >= 11 is 4.04. The quantitative estimate of drug-likeness (QED) is 0.866. The smallest absolute Gasteiger partial charge is 0.0783 e. The molecule has 106 valence electrons. The Kier molecular flexibility index (Phi) is 4.96. The number of ether oxygens (including phenoxy) is 1. The molecule has 0 aromatic rings. The molecule has 2 N–H and O–H groups in total. The molecule has 2 aliphatic rings. The average molecular weight is 290 g/mol. The van der Waals surface area contributed by atoms with E-state index in [-0.39, 0.29) is 5.60 Å². The van der Waals surface area contributed by atoms with Gasteiger partial charge in [-0.05, 0) is 30.9 Å². The minimum atomic E-state index is 0.178. The molecule has 0 saturated carbocycles. The molecule has 3 atom stereocenters. The first-order chi connectivity index (χ1) is 8.40. The molecule has 3 unspecified atom stereocenters. The molecule has 2 nitrogen and oxygen atoms in total. The van der Waals surface area contributed by atoms with E-state index < -0.39 is 0 Å². The number of hydrogen-bond donors (Lipinski definition) is 1. The minimum Gasteiger partial charge on any atom is -0.374 e. The van der Waals surface area contributed by atoms with E-state index in [1.807, 2.05) is 23.5 Å². The van der Waals surface area contributed by atoms with E-state index >= 15 is 0 Å². The molecule has 2 aliphatic heterocycles. The van der Waals surface area contributed by atoms with Crippen LogP contribution in [0.25, 0.3) is 0 Å². The van der Waals surface area contributed by atoms with Crippen molar-refractivity contribution in [2.24, 2.45) is 11.7 Å². The first kappa shape index (κ1) is 15.0. The summed E-state index contributed by atoms with van der Waals surface area (Å²) in [6, 6.07) is 0.334. The molecule has 2 saturated heterocycles. The third kappa shape index (κ3) is 4.06. The monoisotopic (exact) mass is 289 g/mol. The molecule has 0 amide bonds. The van der Waals surface area contributed by atoms with Crippen LogP contribution in [0, 0.1) is 5.92 Å². The van der Waals surface area contributed by atoms with Crippen LogP contribution < -0.4 is 5.73 Å². The number of nitrogens with two attached hydrogens (primary N) is 1. The van der Waals surface area contributed by atoms with Crippen molar-refractivity contribution in [3.8, 4) is 0 Å². The van der Waals surface area contributed by atoms with Crippen molar-refractivity contribution in [3.05, 3.63) is 0 Å². The third-order valence-corrected chi connectivity index (χ3v) is 6.55. The van der Waals surface area contributed by atoms with E-state index in [1.54, 1.807) is 0 Å². The summed E-state index contributed by atoms with van der Waals surface area (Å²) < 4.78 is 6.39. The molecule has 0 radical (unpaired) electrons. The molecule has 4 heteroatoms. The summed E-state index contributed by atoms with van der Waals surface area (Å²) in [5.74, 6) is 4.19.